The highest BCUT2D eigenvalue weighted by Gasteiger charge is 2.30. The second-order valence-corrected chi connectivity index (χ2v) is 22.2. The molecule has 85 heavy (non-hydrogen) atoms. The molecule has 0 N–H and O–H groups in total. The number of para-hydroxylation sites is 7. The van der Waals surface area contributed by atoms with Crippen LogP contribution in [-0.2, 0) is 0 Å². The van der Waals surface area contributed by atoms with Crippen molar-refractivity contribution < 1.29 is 8.83 Å². The normalized spacial score (nSPS) is 12.3. The van der Waals surface area contributed by atoms with Crippen LogP contribution in [0.5, 0.6) is 0 Å². The van der Waals surface area contributed by atoms with E-state index in [2.05, 4.69) is 286 Å². The lowest BCUT2D eigenvalue weighted by Crippen LogP contribution is -2.12. The first-order valence-corrected chi connectivity index (χ1v) is 29.1. The van der Waals surface area contributed by atoms with Crippen molar-refractivity contribution in [2.24, 2.45) is 0 Å². The van der Waals surface area contributed by atoms with Gasteiger partial charge in [-0.3, -0.25) is 0 Å². The SMILES string of the molecule is C=Cc1oc2c(N(c3ccccc3-c3ccccc3)c3cccc4c3c3cccc5c6cc7c(cc6n4c53)c3cccc4c5c(N(c6ccccc6-c6ccccc6)c6cccc8c6oc6ccccc68)cccc5n7c34)cccc2c1/C=C\C. The van der Waals surface area contributed by atoms with Crippen molar-refractivity contribution in [1.29, 1.82) is 0 Å². The van der Waals surface area contributed by atoms with Crippen molar-refractivity contribution >= 4 is 155 Å². The van der Waals surface area contributed by atoms with Gasteiger partial charge in [-0.2, -0.15) is 0 Å². The zero-order chi connectivity index (χ0) is 56.0. The van der Waals surface area contributed by atoms with Gasteiger partial charge in [-0.15, -0.1) is 0 Å². The van der Waals surface area contributed by atoms with Gasteiger partial charge in [-0.25, -0.2) is 0 Å². The lowest BCUT2D eigenvalue weighted by molar-refractivity contribution is 0.604. The van der Waals surface area contributed by atoms with Gasteiger partial charge < -0.3 is 27.4 Å². The minimum absolute atomic E-state index is 0.745. The molecule has 6 aromatic heterocycles. The first kappa shape index (κ1) is 47.3. The fraction of sp³-hybridized carbons (Fsp3) is 0.0127. The summed E-state index contributed by atoms with van der Waals surface area (Å²) in [6.45, 7) is 6.23. The van der Waals surface area contributed by atoms with Crippen molar-refractivity contribution in [1.82, 2.24) is 8.80 Å². The van der Waals surface area contributed by atoms with Crippen LogP contribution in [0.25, 0.3) is 144 Å². The third-order valence-corrected chi connectivity index (χ3v) is 17.8. The smallest absolute Gasteiger partial charge is 0.159 e. The number of rotatable bonds is 10. The second-order valence-electron chi connectivity index (χ2n) is 22.2. The molecule has 0 atom stereocenters. The summed E-state index contributed by atoms with van der Waals surface area (Å²) in [5.74, 6) is 0.745. The highest BCUT2D eigenvalue weighted by Crippen LogP contribution is 2.54. The van der Waals surface area contributed by atoms with Crippen LogP contribution in [0.2, 0.25) is 0 Å². The van der Waals surface area contributed by atoms with E-state index in [0.29, 0.717) is 0 Å². The molecule has 6 heterocycles. The number of anilines is 6. The Hall–Kier alpha value is -11.3. The minimum atomic E-state index is 0.745. The summed E-state index contributed by atoms with van der Waals surface area (Å²) in [4.78, 5) is 4.87. The molecule has 6 heteroatoms. The molecule has 0 aliphatic heterocycles. The fourth-order valence-electron chi connectivity index (χ4n) is 14.4. The summed E-state index contributed by atoms with van der Waals surface area (Å²) in [5.41, 5.74) is 21.2. The fourth-order valence-corrected chi connectivity index (χ4v) is 14.4. The van der Waals surface area contributed by atoms with Gasteiger partial charge in [0.1, 0.15) is 11.3 Å². The molecule has 18 rings (SSSR count). The number of aromatic nitrogens is 2. The molecule has 0 saturated heterocycles. The Morgan fingerprint density at radius 2 is 0.776 bits per heavy atom. The molecule has 0 unspecified atom stereocenters. The van der Waals surface area contributed by atoms with Crippen molar-refractivity contribution in [3.05, 3.63) is 279 Å². The molecule has 0 bridgehead atoms. The predicted octanol–water partition coefficient (Wildman–Crippen LogP) is 22.6. The van der Waals surface area contributed by atoms with Crippen LogP contribution in [0.4, 0.5) is 34.1 Å². The van der Waals surface area contributed by atoms with E-state index in [1.165, 1.54) is 59.8 Å². The molecule has 0 aliphatic carbocycles. The van der Waals surface area contributed by atoms with Gasteiger partial charge in [0.25, 0.3) is 0 Å². The Bertz CT molecular complexity index is 5780. The van der Waals surface area contributed by atoms with Crippen molar-refractivity contribution in [3.8, 4) is 22.3 Å². The largest absolute Gasteiger partial charge is 0.454 e. The van der Waals surface area contributed by atoms with E-state index in [-0.39, 0.29) is 0 Å². The minimum Gasteiger partial charge on any atom is -0.454 e. The summed E-state index contributed by atoms with van der Waals surface area (Å²) >= 11 is 0. The summed E-state index contributed by atoms with van der Waals surface area (Å²) in [5, 5.41) is 12.8. The number of allylic oxidation sites excluding steroid dienone is 1. The third-order valence-electron chi connectivity index (χ3n) is 17.8. The molecule has 18 aromatic rings. The Morgan fingerprint density at radius 1 is 0.353 bits per heavy atom. The van der Waals surface area contributed by atoms with E-state index >= 15 is 0 Å². The van der Waals surface area contributed by atoms with Gasteiger partial charge in [0.2, 0.25) is 0 Å². The van der Waals surface area contributed by atoms with Crippen LogP contribution >= 0.6 is 0 Å². The van der Waals surface area contributed by atoms with Crippen molar-refractivity contribution in [2.45, 2.75) is 6.92 Å². The van der Waals surface area contributed by atoms with Gasteiger partial charge >= 0.3 is 0 Å². The molecule has 6 nitrogen and oxygen atoms in total. The van der Waals surface area contributed by atoms with Gasteiger partial charge in [-0.05, 0) is 90.9 Å². The number of nitrogens with zero attached hydrogens (tertiary/aromatic N) is 4. The first-order chi connectivity index (χ1) is 42.1. The Labute approximate surface area is 488 Å². The lowest BCUT2D eigenvalue weighted by atomic mass is 10.00. The number of fused-ring (bicyclic) bond motifs is 16. The zero-order valence-electron chi connectivity index (χ0n) is 46.3. The summed E-state index contributed by atoms with van der Waals surface area (Å²) in [6, 6.07) is 92.6. The maximum Gasteiger partial charge on any atom is 0.159 e. The van der Waals surface area contributed by atoms with E-state index in [1.54, 1.807) is 0 Å². The first-order valence-electron chi connectivity index (χ1n) is 29.1. The molecule has 0 spiro atoms. The summed E-state index contributed by atoms with van der Waals surface area (Å²) in [7, 11) is 0. The van der Waals surface area contributed by atoms with Gasteiger partial charge in [0.05, 0.1) is 67.2 Å². The van der Waals surface area contributed by atoms with Gasteiger partial charge in [-0.1, -0.05) is 207 Å². The van der Waals surface area contributed by atoms with Crippen molar-refractivity contribution in [2.75, 3.05) is 9.80 Å². The monoisotopic (exact) mass is 1090 g/mol. The standard InChI is InChI=1S/C79H50N4O2/c1-3-23-52-56-33-19-43-68(78(56)84-72(52)4-2)80(62-37-14-11-28-50(62)48-24-7-5-8-25-48)64-39-21-41-66-74(64)58-35-17-31-54-60-47-71-61(46-70(60)82(66)76(54)58)55-32-18-36-59-75-65(40-22-42-67(75)83(71)77(55)59)81(63-38-15-12-29-51(63)49-26-9-6-10-27-49)69-44-20-34-57-53-30-13-16-45-73(53)85-79(57)69/h3-47H,2H2,1H3/b23-3-. The summed E-state index contributed by atoms with van der Waals surface area (Å²) < 4.78 is 18.8. The average molecular weight is 1090 g/mol. The summed E-state index contributed by atoms with van der Waals surface area (Å²) in [6.07, 6.45) is 6.00. The van der Waals surface area contributed by atoms with Crippen LogP contribution in [-0.4, -0.2) is 8.80 Å². The second kappa shape index (κ2) is 18.1. The molecule has 0 aliphatic rings. The van der Waals surface area contributed by atoms with E-state index < -0.39 is 0 Å². The average Bonchev–Trinajstić information content (AvgIpc) is 1.57. The Balaban J connectivity index is 0.893. The molecule has 0 radical (unpaired) electrons. The maximum atomic E-state index is 6.90. The molecule has 0 amide bonds. The third kappa shape index (κ3) is 6.59. The number of hydrogen-bond acceptors (Lipinski definition) is 4. The van der Waals surface area contributed by atoms with Crippen LogP contribution in [0.1, 0.15) is 18.2 Å². The Kier molecular flexibility index (Phi) is 10.1. The van der Waals surface area contributed by atoms with E-state index in [0.717, 1.165) is 117 Å². The van der Waals surface area contributed by atoms with Crippen molar-refractivity contribution in [3.63, 3.8) is 0 Å². The quantitative estimate of drug-likeness (QED) is 0.137. The van der Waals surface area contributed by atoms with Gasteiger partial charge in [0.15, 0.2) is 11.2 Å². The van der Waals surface area contributed by atoms with E-state index in [9.17, 15) is 0 Å². The maximum absolute atomic E-state index is 6.90. The van der Waals surface area contributed by atoms with Crippen LogP contribution < -0.4 is 9.80 Å². The van der Waals surface area contributed by atoms with Gasteiger partial charge in [0, 0.05) is 75.9 Å². The molecule has 0 fully saturated rings. The molecular weight excluding hydrogens is 1040 g/mol. The van der Waals surface area contributed by atoms with E-state index in [1.807, 2.05) is 19.1 Å². The highest BCUT2D eigenvalue weighted by atomic mass is 16.3. The number of furan rings is 2. The van der Waals surface area contributed by atoms with Crippen LogP contribution in [0.15, 0.2) is 276 Å². The van der Waals surface area contributed by atoms with Crippen LogP contribution in [0, 0.1) is 0 Å². The zero-order valence-corrected chi connectivity index (χ0v) is 46.3. The number of hydrogen-bond donors (Lipinski definition) is 0. The topological polar surface area (TPSA) is 41.6 Å². The van der Waals surface area contributed by atoms with Crippen LogP contribution in [0.3, 0.4) is 0 Å². The Morgan fingerprint density at radius 3 is 1.33 bits per heavy atom. The van der Waals surface area contributed by atoms with E-state index in [4.69, 9.17) is 8.83 Å². The molecular formula is C79H50N4O2. The molecule has 398 valence electrons. The lowest BCUT2D eigenvalue weighted by Gasteiger charge is -2.28. The predicted molar refractivity (Wildman–Crippen MR) is 358 cm³/mol. The highest BCUT2D eigenvalue weighted by molar-refractivity contribution is 6.31. The molecule has 0 saturated carbocycles. The molecule has 12 aromatic carbocycles. The number of benzene rings is 12.